The molecule has 5 nitrogen and oxygen atoms in total. The van der Waals surface area contributed by atoms with Crippen LogP contribution in [-0.2, 0) is 9.59 Å². The summed E-state index contributed by atoms with van der Waals surface area (Å²) in [7, 11) is 0. The lowest BCUT2D eigenvalue weighted by atomic mass is 9.83. The highest BCUT2D eigenvalue weighted by Crippen LogP contribution is 2.26. The first-order chi connectivity index (χ1) is 13.3. The molecule has 1 amide bonds. The van der Waals surface area contributed by atoms with Crippen LogP contribution in [0.15, 0.2) is 59.8 Å². The van der Waals surface area contributed by atoms with Crippen molar-refractivity contribution in [3.63, 3.8) is 0 Å². The number of allylic oxidation sites excluding steroid dienone is 3. The molecule has 2 rings (SSSR count). The highest BCUT2D eigenvalue weighted by Gasteiger charge is 2.37. The molecule has 3 N–H and O–H groups in total. The Morgan fingerprint density at radius 2 is 1.96 bits per heavy atom. The molecular formula is C22H27ClN2O3. The van der Waals surface area contributed by atoms with Gasteiger partial charge in [0.1, 0.15) is 5.54 Å². The third-order valence-corrected chi connectivity index (χ3v) is 4.79. The number of benzene rings is 1. The van der Waals surface area contributed by atoms with Gasteiger partial charge >= 0.3 is 0 Å². The van der Waals surface area contributed by atoms with E-state index in [2.05, 4.69) is 10.6 Å². The van der Waals surface area contributed by atoms with Crippen molar-refractivity contribution in [1.82, 2.24) is 10.6 Å². The van der Waals surface area contributed by atoms with Gasteiger partial charge in [-0.25, -0.2) is 0 Å². The number of carbonyl (C=O) groups is 2. The van der Waals surface area contributed by atoms with E-state index in [9.17, 15) is 14.7 Å². The maximum atomic E-state index is 12.7. The zero-order chi connectivity index (χ0) is 20.7. The summed E-state index contributed by atoms with van der Waals surface area (Å²) in [6.07, 6.45) is 6.72. The maximum Gasteiger partial charge on any atom is 0.248 e. The quantitative estimate of drug-likeness (QED) is 0.580. The maximum absolute atomic E-state index is 12.7. The molecule has 1 aliphatic rings. The van der Waals surface area contributed by atoms with Crippen molar-refractivity contribution < 1.29 is 14.7 Å². The van der Waals surface area contributed by atoms with E-state index in [1.165, 1.54) is 6.08 Å². The topological polar surface area (TPSA) is 78.4 Å². The van der Waals surface area contributed by atoms with Gasteiger partial charge in [-0.3, -0.25) is 14.9 Å². The third kappa shape index (κ3) is 5.89. The van der Waals surface area contributed by atoms with Gasteiger partial charge in [0.25, 0.3) is 0 Å². The Hall–Kier alpha value is -2.21. The summed E-state index contributed by atoms with van der Waals surface area (Å²) < 4.78 is 0. The number of ketones is 1. The SMILES string of the molecule is CCC(=O)C1(NCC(O)c2ccc(Cl)cc2)C=CC=C(NC(=O)C=C(C)C)C1. The molecule has 0 fully saturated rings. The minimum absolute atomic E-state index is 0.00545. The summed E-state index contributed by atoms with van der Waals surface area (Å²) in [6.45, 7) is 5.68. The lowest BCUT2D eigenvalue weighted by molar-refractivity contribution is -0.124. The molecule has 2 unspecified atom stereocenters. The highest BCUT2D eigenvalue weighted by atomic mass is 35.5. The average molecular weight is 403 g/mol. The van der Waals surface area contributed by atoms with Gasteiger partial charge in [0.2, 0.25) is 5.91 Å². The van der Waals surface area contributed by atoms with Crippen molar-refractivity contribution in [1.29, 1.82) is 0 Å². The Morgan fingerprint density at radius 3 is 2.57 bits per heavy atom. The Labute approximate surface area is 171 Å². The molecule has 0 heterocycles. The first kappa shape index (κ1) is 22.1. The molecule has 0 radical (unpaired) electrons. The summed E-state index contributed by atoms with van der Waals surface area (Å²) >= 11 is 5.89. The summed E-state index contributed by atoms with van der Waals surface area (Å²) in [4.78, 5) is 24.8. The van der Waals surface area contributed by atoms with Crippen LogP contribution in [0.25, 0.3) is 0 Å². The largest absolute Gasteiger partial charge is 0.387 e. The fourth-order valence-corrected chi connectivity index (χ4v) is 3.22. The van der Waals surface area contributed by atoms with E-state index in [1.807, 2.05) is 13.8 Å². The van der Waals surface area contributed by atoms with Crippen molar-refractivity contribution in [2.75, 3.05) is 6.54 Å². The van der Waals surface area contributed by atoms with Crippen LogP contribution in [-0.4, -0.2) is 28.9 Å². The van der Waals surface area contributed by atoms with Crippen molar-refractivity contribution >= 4 is 23.3 Å². The monoisotopic (exact) mass is 402 g/mol. The molecule has 1 aromatic carbocycles. The molecule has 0 bridgehead atoms. The number of nitrogens with one attached hydrogen (secondary N) is 2. The van der Waals surface area contributed by atoms with Gasteiger partial charge in [0.15, 0.2) is 5.78 Å². The molecule has 0 aromatic heterocycles. The van der Waals surface area contributed by atoms with Crippen LogP contribution in [0.5, 0.6) is 0 Å². The number of β-amino-alcohol motifs (C(OH)–C–C–N with tert-alkyl or cyclic N) is 1. The average Bonchev–Trinajstić information content (AvgIpc) is 2.65. The molecule has 150 valence electrons. The minimum Gasteiger partial charge on any atom is -0.387 e. The number of amides is 1. The van der Waals surface area contributed by atoms with Crippen LogP contribution >= 0.6 is 11.6 Å². The second-order valence-corrected chi connectivity index (χ2v) is 7.57. The zero-order valence-electron chi connectivity index (χ0n) is 16.5. The molecule has 28 heavy (non-hydrogen) atoms. The van der Waals surface area contributed by atoms with Gasteiger partial charge in [-0.1, -0.05) is 48.4 Å². The number of aliphatic hydroxyl groups is 1. The molecule has 0 saturated carbocycles. The molecular weight excluding hydrogens is 376 g/mol. The van der Waals surface area contributed by atoms with Crippen molar-refractivity contribution in [2.24, 2.45) is 0 Å². The lowest BCUT2D eigenvalue weighted by Crippen LogP contribution is -2.53. The van der Waals surface area contributed by atoms with Crippen LogP contribution in [0.4, 0.5) is 0 Å². The predicted molar refractivity (Wildman–Crippen MR) is 112 cm³/mol. The lowest BCUT2D eigenvalue weighted by Gasteiger charge is -2.34. The van der Waals surface area contributed by atoms with Crippen molar-refractivity contribution in [2.45, 2.75) is 45.3 Å². The molecule has 1 aliphatic carbocycles. The van der Waals surface area contributed by atoms with E-state index in [1.54, 1.807) is 49.4 Å². The van der Waals surface area contributed by atoms with Crippen LogP contribution < -0.4 is 10.6 Å². The minimum atomic E-state index is -0.968. The predicted octanol–water partition coefficient (Wildman–Crippen LogP) is 3.61. The Morgan fingerprint density at radius 1 is 1.29 bits per heavy atom. The summed E-state index contributed by atoms with van der Waals surface area (Å²) in [5, 5.41) is 17.1. The Balaban J connectivity index is 2.12. The number of halogens is 1. The van der Waals surface area contributed by atoms with E-state index >= 15 is 0 Å². The summed E-state index contributed by atoms with van der Waals surface area (Å²) in [5.74, 6) is -0.227. The Kier molecular flexibility index (Phi) is 7.75. The summed E-state index contributed by atoms with van der Waals surface area (Å²) in [6, 6.07) is 6.94. The van der Waals surface area contributed by atoms with Gasteiger partial charge in [-0.15, -0.1) is 0 Å². The van der Waals surface area contributed by atoms with Crippen LogP contribution in [0.3, 0.4) is 0 Å². The fourth-order valence-electron chi connectivity index (χ4n) is 3.10. The van der Waals surface area contributed by atoms with E-state index in [0.29, 0.717) is 29.1 Å². The van der Waals surface area contributed by atoms with Crippen LogP contribution in [0, 0.1) is 0 Å². The first-order valence-corrected chi connectivity index (χ1v) is 9.69. The van der Waals surface area contributed by atoms with Gasteiger partial charge in [-0.05, 0) is 37.6 Å². The number of hydrogen-bond acceptors (Lipinski definition) is 4. The molecule has 0 aliphatic heterocycles. The third-order valence-electron chi connectivity index (χ3n) is 4.54. The van der Waals surface area contributed by atoms with Gasteiger partial charge in [0.05, 0.1) is 6.10 Å². The number of carbonyl (C=O) groups excluding carboxylic acids is 2. The zero-order valence-corrected chi connectivity index (χ0v) is 17.2. The van der Waals surface area contributed by atoms with E-state index < -0.39 is 11.6 Å². The number of hydrogen-bond donors (Lipinski definition) is 3. The van der Waals surface area contributed by atoms with Crippen LogP contribution in [0.1, 0.15) is 45.3 Å². The normalized spacial score (nSPS) is 19.5. The van der Waals surface area contributed by atoms with Crippen molar-refractivity contribution in [3.05, 3.63) is 70.4 Å². The van der Waals surface area contributed by atoms with Crippen LogP contribution in [0.2, 0.25) is 5.02 Å². The second kappa shape index (κ2) is 9.82. The molecule has 2 atom stereocenters. The molecule has 6 heteroatoms. The standard InChI is InChI=1S/C22H27ClN2O3/c1-4-20(27)22(24-14-19(26)16-7-9-17(23)10-8-16)11-5-6-18(13-22)25-21(28)12-15(2)3/h5-12,19,24,26H,4,13-14H2,1-3H3,(H,25,28). The van der Waals surface area contributed by atoms with E-state index in [0.717, 1.165) is 5.57 Å². The number of Topliss-reactive ketones (excluding diaryl/α,β-unsaturated/α-hetero) is 1. The van der Waals surface area contributed by atoms with Gasteiger partial charge < -0.3 is 10.4 Å². The first-order valence-electron chi connectivity index (χ1n) is 9.32. The summed E-state index contributed by atoms with van der Waals surface area (Å²) in [5.41, 5.74) is 1.29. The highest BCUT2D eigenvalue weighted by molar-refractivity contribution is 6.30. The number of aliphatic hydroxyl groups excluding tert-OH is 1. The van der Waals surface area contributed by atoms with E-state index in [4.69, 9.17) is 11.6 Å². The van der Waals surface area contributed by atoms with Gasteiger partial charge in [-0.2, -0.15) is 0 Å². The smallest absolute Gasteiger partial charge is 0.248 e. The van der Waals surface area contributed by atoms with E-state index in [-0.39, 0.29) is 18.2 Å². The molecule has 1 aromatic rings. The van der Waals surface area contributed by atoms with Gasteiger partial charge in [0, 0.05) is 36.2 Å². The molecule has 0 spiro atoms. The van der Waals surface area contributed by atoms with Crippen molar-refractivity contribution in [3.8, 4) is 0 Å². The second-order valence-electron chi connectivity index (χ2n) is 7.14. The fraction of sp³-hybridized carbons (Fsp3) is 0.364. The Bertz CT molecular complexity index is 808. The number of rotatable bonds is 8. The molecule has 0 saturated heterocycles.